The summed E-state index contributed by atoms with van der Waals surface area (Å²) in [5, 5.41) is 18.4. The summed E-state index contributed by atoms with van der Waals surface area (Å²) >= 11 is 0. The number of rotatable bonds is 0. The van der Waals surface area contributed by atoms with Crippen LogP contribution in [0.3, 0.4) is 0 Å². The topological polar surface area (TPSA) is 70.0 Å². The van der Waals surface area contributed by atoms with Crippen LogP contribution < -0.4 is 0 Å². The number of amides is 1. The summed E-state index contributed by atoms with van der Waals surface area (Å²) in [6.45, 7) is 2.66. The van der Waals surface area contributed by atoms with Crippen molar-refractivity contribution in [1.29, 1.82) is 0 Å². The minimum atomic E-state index is -0.969. The molecule has 0 radical (unpaired) electrons. The molecular weight excluding hydrogens is 174 g/mol. The van der Waals surface area contributed by atoms with Gasteiger partial charge in [0.15, 0.2) is 0 Å². The third kappa shape index (κ3) is 1.19. The standard InChI is InChI=1S/C8H13NO4/c1-4-2-9(8(11)12)6-5(10)3-13-7(4)6/h4-7,10H,2-3H2,1H3,(H,11,12). The number of fused-ring (bicyclic) bond motifs is 1. The van der Waals surface area contributed by atoms with Crippen LogP contribution in [-0.2, 0) is 4.74 Å². The maximum absolute atomic E-state index is 10.8. The Morgan fingerprint density at radius 1 is 1.62 bits per heavy atom. The highest BCUT2D eigenvalue weighted by atomic mass is 16.5. The first-order valence-electron chi connectivity index (χ1n) is 4.40. The van der Waals surface area contributed by atoms with Crippen LogP contribution in [0.5, 0.6) is 0 Å². The molecule has 0 spiro atoms. The van der Waals surface area contributed by atoms with Crippen molar-refractivity contribution in [2.45, 2.75) is 25.2 Å². The summed E-state index contributed by atoms with van der Waals surface area (Å²) in [5.74, 6) is 0.179. The third-order valence-electron chi connectivity index (χ3n) is 2.84. The SMILES string of the molecule is CC1CN(C(=O)O)C2C(O)COC12. The number of carbonyl (C=O) groups is 1. The van der Waals surface area contributed by atoms with Gasteiger partial charge in [-0.2, -0.15) is 0 Å². The van der Waals surface area contributed by atoms with Crippen molar-refractivity contribution in [3.8, 4) is 0 Å². The molecule has 74 valence electrons. The Morgan fingerprint density at radius 3 is 2.92 bits per heavy atom. The molecule has 2 aliphatic heterocycles. The van der Waals surface area contributed by atoms with Gasteiger partial charge in [-0.25, -0.2) is 4.79 Å². The van der Waals surface area contributed by atoms with Crippen LogP contribution in [0.2, 0.25) is 0 Å². The van der Waals surface area contributed by atoms with E-state index in [0.29, 0.717) is 6.54 Å². The molecule has 2 aliphatic rings. The zero-order valence-electron chi connectivity index (χ0n) is 7.38. The van der Waals surface area contributed by atoms with Gasteiger partial charge in [0, 0.05) is 12.5 Å². The highest BCUT2D eigenvalue weighted by Gasteiger charge is 2.50. The quantitative estimate of drug-likeness (QED) is 0.548. The fraction of sp³-hybridized carbons (Fsp3) is 0.875. The van der Waals surface area contributed by atoms with Crippen LogP contribution in [0.1, 0.15) is 6.92 Å². The monoisotopic (exact) mass is 187 g/mol. The van der Waals surface area contributed by atoms with E-state index in [1.54, 1.807) is 0 Å². The highest BCUT2D eigenvalue weighted by molar-refractivity contribution is 5.66. The number of nitrogens with zero attached hydrogens (tertiary/aromatic N) is 1. The van der Waals surface area contributed by atoms with Crippen LogP contribution in [0.15, 0.2) is 0 Å². The third-order valence-corrected chi connectivity index (χ3v) is 2.84. The molecule has 2 N–H and O–H groups in total. The molecule has 4 atom stereocenters. The molecule has 2 saturated heterocycles. The number of ether oxygens (including phenoxy) is 1. The number of aliphatic hydroxyl groups excluding tert-OH is 1. The van der Waals surface area contributed by atoms with Crippen LogP contribution in [-0.4, -0.2) is 52.6 Å². The number of carboxylic acid groups (broad SMARTS) is 1. The van der Waals surface area contributed by atoms with Gasteiger partial charge in [0.2, 0.25) is 0 Å². The first-order valence-corrected chi connectivity index (χ1v) is 4.40. The van der Waals surface area contributed by atoms with Gasteiger partial charge in [-0.15, -0.1) is 0 Å². The normalized spacial score (nSPS) is 43.7. The van der Waals surface area contributed by atoms with Crippen LogP contribution in [0, 0.1) is 5.92 Å². The molecule has 4 unspecified atom stereocenters. The van der Waals surface area contributed by atoms with E-state index in [1.165, 1.54) is 4.90 Å². The van der Waals surface area contributed by atoms with Gasteiger partial charge in [-0.1, -0.05) is 6.92 Å². The molecule has 2 heterocycles. The molecule has 2 fully saturated rings. The number of hydrogen-bond acceptors (Lipinski definition) is 3. The Morgan fingerprint density at radius 2 is 2.31 bits per heavy atom. The van der Waals surface area contributed by atoms with Gasteiger partial charge in [0.05, 0.1) is 18.8 Å². The Hall–Kier alpha value is -0.810. The van der Waals surface area contributed by atoms with Crippen molar-refractivity contribution >= 4 is 6.09 Å². The molecule has 0 saturated carbocycles. The van der Waals surface area contributed by atoms with E-state index in [1.807, 2.05) is 6.92 Å². The lowest BCUT2D eigenvalue weighted by atomic mass is 10.0. The van der Waals surface area contributed by atoms with E-state index in [0.717, 1.165) is 0 Å². The molecule has 0 aromatic rings. The van der Waals surface area contributed by atoms with Crippen molar-refractivity contribution < 1.29 is 19.7 Å². The van der Waals surface area contributed by atoms with E-state index in [2.05, 4.69) is 0 Å². The molecule has 2 rings (SSSR count). The Balaban J connectivity index is 2.20. The summed E-state index contributed by atoms with van der Waals surface area (Å²) in [5.41, 5.74) is 0. The number of likely N-dealkylation sites (tertiary alicyclic amines) is 1. The van der Waals surface area contributed by atoms with Crippen molar-refractivity contribution in [2.75, 3.05) is 13.2 Å². The summed E-state index contributed by atoms with van der Waals surface area (Å²) in [6, 6.07) is -0.354. The largest absolute Gasteiger partial charge is 0.465 e. The second kappa shape index (κ2) is 2.85. The summed E-state index contributed by atoms with van der Waals surface area (Å²) in [4.78, 5) is 12.1. The van der Waals surface area contributed by atoms with Crippen molar-refractivity contribution in [3.63, 3.8) is 0 Å². The molecule has 0 bridgehead atoms. The van der Waals surface area contributed by atoms with E-state index >= 15 is 0 Å². The second-order valence-corrected chi connectivity index (χ2v) is 3.77. The average molecular weight is 187 g/mol. The molecular formula is C8H13NO4. The maximum atomic E-state index is 10.8. The van der Waals surface area contributed by atoms with Crippen molar-refractivity contribution in [3.05, 3.63) is 0 Å². The van der Waals surface area contributed by atoms with E-state index < -0.39 is 12.2 Å². The van der Waals surface area contributed by atoms with E-state index in [9.17, 15) is 9.90 Å². The number of aliphatic hydroxyl groups is 1. The van der Waals surface area contributed by atoms with Gasteiger partial charge in [-0.3, -0.25) is 4.90 Å². The molecule has 0 aliphatic carbocycles. The average Bonchev–Trinajstić information content (AvgIpc) is 2.55. The van der Waals surface area contributed by atoms with E-state index in [4.69, 9.17) is 9.84 Å². The van der Waals surface area contributed by atoms with Crippen LogP contribution in [0.4, 0.5) is 4.79 Å². The lowest BCUT2D eigenvalue weighted by Gasteiger charge is -2.21. The lowest BCUT2D eigenvalue weighted by molar-refractivity contribution is 0.0644. The predicted octanol–water partition coefficient (Wildman–Crippen LogP) is -0.256. The molecule has 1 amide bonds. The molecule has 0 aromatic heterocycles. The Kier molecular flexibility index (Phi) is 1.92. The first kappa shape index (κ1) is 8.77. The molecule has 0 aromatic carbocycles. The zero-order chi connectivity index (χ0) is 9.59. The predicted molar refractivity (Wildman–Crippen MR) is 43.4 cm³/mol. The maximum Gasteiger partial charge on any atom is 0.407 e. The number of hydrogen-bond donors (Lipinski definition) is 2. The van der Waals surface area contributed by atoms with E-state index in [-0.39, 0.29) is 24.7 Å². The van der Waals surface area contributed by atoms with Gasteiger partial charge >= 0.3 is 6.09 Å². The second-order valence-electron chi connectivity index (χ2n) is 3.77. The first-order chi connectivity index (χ1) is 6.11. The summed E-state index contributed by atoms with van der Waals surface area (Å²) in [6.07, 6.45) is -1.75. The van der Waals surface area contributed by atoms with Gasteiger partial charge in [-0.05, 0) is 0 Å². The lowest BCUT2D eigenvalue weighted by Crippen LogP contribution is -2.43. The smallest absolute Gasteiger partial charge is 0.407 e. The van der Waals surface area contributed by atoms with Crippen LogP contribution in [0.25, 0.3) is 0 Å². The highest BCUT2D eigenvalue weighted by Crippen LogP contribution is 2.33. The molecule has 13 heavy (non-hydrogen) atoms. The van der Waals surface area contributed by atoms with Gasteiger partial charge in [0.1, 0.15) is 6.10 Å². The van der Waals surface area contributed by atoms with Crippen LogP contribution >= 0.6 is 0 Å². The summed E-state index contributed by atoms with van der Waals surface area (Å²) in [7, 11) is 0. The minimum absolute atomic E-state index is 0.119. The Bertz CT molecular complexity index is 232. The summed E-state index contributed by atoms with van der Waals surface area (Å²) < 4.78 is 5.33. The molecule has 5 nitrogen and oxygen atoms in total. The van der Waals surface area contributed by atoms with Gasteiger partial charge in [0.25, 0.3) is 0 Å². The Labute approximate surface area is 75.9 Å². The molecule has 5 heteroatoms. The van der Waals surface area contributed by atoms with Crippen molar-refractivity contribution in [2.24, 2.45) is 5.92 Å². The zero-order valence-corrected chi connectivity index (χ0v) is 7.38. The van der Waals surface area contributed by atoms with Crippen molar-refractivity contribution in [1.82, 2.24) is 4.90 Å². The minimum Gasteiger partial charge on any atom is -0.465 e. The van der Waals surface area contributed by atoms with Gasteiger partial charge < -0.3 is 14.9 Å². The fourth-order valence-electron chi connectivity index (χ4n) is 2.25. The fourth-order valence-corrected chi connectivity index (χ4v) is 2.25.